The monoisotopic (exact) mass is 262 g/mol. The molecule has 0 spiro atoms. The summed E-state index contributed by atoms with van der Waals surface area (Å²) in [6, 6.07) is 6.49. The maximum absolute atomic E-state index is 5.12. The quantitative estimate of drug-likeness (QED) is 0.897. The van der Waals surface area contributed by atoms with E-state index in [1.807, 2.05) is 12.1 Å². The van der Waals surface area contributed by atoms with E-state index < -0.39 is 0 Å². The Hall–Kier alpha value is -1.39. The standard InChI is InChI=1S/C14H18N2OS/c1-10-5-7-18-14(10)11(2)16-9-12-4-6-15-13(8-12)17-3/h4-8,11,16H,9H2,1-3H3. The number of hydrogen-bond donors (Lipinski definition) is 1. The first-order valence-corrected chi connectivity index (χ1v) is 6.85. The fraction of sp³-hybridized carbons (Fsp3) is 0.357. The number of methoxy groups -OCH3 is 1. The molecule has 0 aliphatic carbocycles. The van der Waals surface area contributed by atoms with Gasteiger partial charge in [-0.3, -0.25) is 0 Å². The third-order valence-corrected chi connectivity index (χ3v) is 4.12. The molecule has 0 saturated heterocycles. The van der Waals surface area contributed by atoms with Crippen molar-refractivity contribution in [3.63, 3.8) is 0 Å². The van der Waals surface area contributed by atoms with Gasteiger partial charge < -0.3 is 10.1 Å². The van der Waals surface area contributed by atoms with Gasteiger partial charge in [-0.15, -0.1) is 11.3 Å². The van der Waals surface area contributed by atoms with E-state index in [1.54, 1.807) is 24.6 Å². The van der Waals surface area contributed by atoms with Crippen LogP contribution in [0.4, 0.5) is 0 Å². The minimum Gasteiger partial charge on any atom is -0.481 e. The second kappa shape index (κ2) is 5.98. The first-order chi connectivity index (χ1) is 8.70. The zero-order valence-corrected chi connectivity index (χ0v) is 11.8. The van der Waals surface area contributed by atoms with E-state index in [2.05, 4.69) is 35.6 Å². The second-order valence-electron chi connectivity index (χ2n) is 4.28. The summed E-state index contributed by atoms with van der Waals surface area (Å²) in [5.74, 6) is 0.661. The highest BCUT2D eigenvalue weighted by molar-refractivity contribution is 7.10. The van der Waals surface area contributed by atoms with Crippen LogP contribution in [0.2, 0.25) is 0 Å². The third kappa shape index (κ3) is 3.09. The number of hydrogen-bond acceptors (Lipinski definition) is 4. The number of aryl methyl sites for hydroxylation is 1. The van der Waals surface area contributed by atoms with Crippen LogP contribution in [0.25, 0.3) is 0 Å². The van der Waals surface area contributed by atoms with Crippen LogP contribution in [0.5, 0.6) is 5.88 Å². The summed E-state index contributed by atoms with van der Waals surface area (Å²) < 4.78 is 5.12. The van der Waals surface area contributed by atoms with E-state index in [1.165, 1.54) is 16.0 Å². The van der Waals surface area contributed by atoms with Crippen molar-refractivity contribution in [2.24, 2.45) is 0 Å². The minimum absolute atomic E-state index is 0.365. The van der Waals surface area contributed by atoms with Gasteiger partial charge in [-0.2, -0.15) is 0 Å². The highest BCUT2D eigenvalue weighted by atomic mass is 32.1. The predicted octanol–water partition coefficient (Wildman–Crippen LogP) is 3.31. The van der Waals surface area contributed by atoms with E-state index in [0.717, 1.165) is 6.54 Å². The topological polar surface area (TPSA) is 34.1 Å². The van der Waals surface area contributed by atoms with Crippen molar-refractivity contribution in [3.05, 3.63) is 45.8 Å². The molecule has 2 aromatic heterocycles. The molecule has 2 aromatic rings. The molecule has 2 heterocycles. The lowest BCUT2D eigenvalue weighted by Gasteiger charge is -2.13. The lowest BCUT2D eigenvalue weighted by atomic mass is 10.2. The fourth-order valence-electron chi connectivity index (χ4n) is 1.86. The van der Waals surface area contributed by atoms with E-state index in [0.29, 0.717) is 11.9 Å². The van der Waals surface area contributed by atoms with Gasteiger partial charge >= 0.3 is 0 Å². The van der Waals surface area contributed by atoms with Crippen molar-refractivity contribution in [2.45, 2.75) is 26.4 Å². The summed E-state index contributed by atoms with van der Waals surface area (Å²) in [7, 11) is 1.64. The van der Waals surface area contributed by atoms with Gasteiger partial charge in [0.15, 0.2) is 0 Å². The molecule has 1 unspecified atom stereocenters. The Balaban J connectivity index is 1.97. The summed E-state index contributed by atoms with van der Waals surface area (Å²) in [6.45, 7) is 5.16. The summed E-state index contributed by atoms with van der Waals surface area (Å²) in [5.41, 5.74) is 2.54. The van der Waals surface area contributed by atoms with E-state index in [9.17, 15) is 0 Å². The zero-order valence-electron chi connectivity index (χ0n) is 10.9. The van der Waals surface area contributed by atoms with Crippen LogP contribution >= 0.6 is 11.3 Å². The highest BCUT2D eigenvalue weighted by Gasteiger charge is 2.09. The molecule has 0 radical (unpaired) electrons. The summed E-state index contributed by atoms with van der Waals surface area (Å²) in [4.78, 5) is 5.50. The number of thiophene rings is 1. The molecular formula is C14H18N2OS. The molecule has 0 saturated carbocycles. The molecule has 4 heteroatoms. The van der Waals surface area contributed by atoms with E-state index in [-0.39, 0.29) is 0 Å². The average Bonchev–Trinajstić information content (AvgIpc) is 2.82. The van der Waals surface area contributed by atoms with Crippen LogP contribution in [0.1, 0.15) is 29.0 Å². The lowest BCUT2D eigenvalue weighted by Crippen LogP contribution is -2.17. The van der Waals surface area contributed by atoms with Crippen molar-refractivity contribution in [1.29, 1.82) is 0 Å². The summed E-state index contributed by atoms with van der Waals surface area (Å²) >= 11 is 1.80. The largest absolute Gasteiger partial charge is 0.481 e. The van der Waals surface area contributed by atoms with Gasteiger partial charge in [-0.05, 0) is 42.5 Å². The van der Waals surface area contributed by atoms with Crippen molar-refractivity contribution in [1.82, 2.24) is 10.3 Å². The Bertz CT molecular complexity index is 510. The zero-order chi connectivity index (χ0) is 13.0. The normalized spacial score (nSPS) is 12.4. The molecule has 1 atom stereocenters. The highest BCUT2D eigenvalue weighted by Crippen LogP contribution is 2.23. The molecule has 1 N–H and O–H groups in total. The van der Waals surface area contributed by atoms with Crippen LogP contribution in [0, 0.1) is 6.92 Å². The maximum atomic E-state index is 5.12. The molecule has 0 aliphatic heterocycles. The molecular weight excluding hydrogens is 244 g/mol. The van der Waals surface area contributed by atoms with Crippen molar-refractivity contribution >= 4 is 11.3 Å². The Morgan fingerprint density at radius 3 is 2.94 bits per heavy atom. The predicted molar refractivity (Wildman–Crippen MR) is 75.1 cm³/mol. The summed E-state index contributed by atoms with van der Waals surface area (Å²) in [6.07, 6.45) is 1.77. The number of nitrogens with zero attached hydrogens (tertiary/aromatic N) is 1. The molecule has 0 amide bonds. The molecule has 0 bridgehead atoms. The maximum Gasteiger partial charge on any atom is 0.213 e. The van der Waals surface area contributed by atoms with E-state index in [4.69, 9.17) is 4.74 Å². The Labute approximate surface area is 112 Å². The van der Waals surface area contributed by atoms with Crippen LogP contribution < -0.4 is 10.1 Å². The number of ether oxygens (including phenoxy) is 1. The number of pyridine rings is 1. The molecule has 0 fully saturated rings. The molecule has 2 rings (SSSR count). The summed E-state index contributed by atoms with van der Waals surface area (Å²) in [5, 5.41) is 5.66. The molecule has 0 aliphatic rings. The third-order valence-electron chi connectivity index (χ3n) is 2.92. The average molecular weight is 262 g/mol. The van der Waals surface area contributed by atoms with Gasteiger partial charge in [-0.25, -0.2) is 4.98 Å². The fourth-order valence-corrected chi connectivity index (χ4v) is 2.82. The Morgan fingerprint density at radius 1 is 1.44 bits per heavy atom. The van der Waals surface area contributed by atoms with Gasteiger partial charge in [-0.1, -0.05) is 0 Å². The molecule has 96 valence electrons. The number of aromatic nitrogens is 1. The van der Waals surface area contributed by atoms with Gasteiger partial charge in [0, 0.05) is 29.7 Å². The van der Waals surface area contributed by atoms with Gasteiger partial charge in [0.25, 0.3) is 0 Å². The van der Waals surface area contributed by atoms with Crippen LogP contribution in [0.15, 0.2) is 29.8 Å². The molecule has 3 nitrogen and oxygen atoms in total. The second-order valence-corrected chi connectivity index (χ2v) is 5.22. The van der Waals surface area contributed by atoms with E-state index >= 15 is 0 Å². The van der Waals surface area contributed by atoms with Crippen molar-refractivity contribution < 1.29 is 4.74 Å². The van der Waals surface area contributed by atoms with Gasteiger partial charge in [0.2, 0.25) is 5.88 Å². The van der Waals surface area contributed by atoms with Crippen molar-refractivity contribution in [3.8, 4) is 5.88 Å². The minimum atomic E-state index is 0.365. The first-order valence-electron chi connectivity index (χ1n) is 5.97. The molecule has 0 aromatic carbocycles. The lowest BCUT2D eigenvalue weighted by molar-refractivity contribution is 0.397. The SMILES string of the molecule is COc1cc(CNC(C)c2sccc2C)ccn1. The Morgan fingerprint density at radius 2 is 2.28 bits per heavy atom. The number of rotatable bonds is 5. The first kappa shape index (κ1) is 13.1. The van der Waals surface area contributed by atoms with Crippen molar-refractivity contribution in [2.75, 3.05) is 7.11 Å². The molecule has 18 heavy (non-hydrogen) atoms. The van der Waals surface area contributed by atoms with Gasteiger partial charge in [0.05, 0.1) is 7.11 Å². The van der Waals surface area contributed by atoms with Crippen LogP contribution in [-0.2, 0) is 6.54 Å². The van der Waals surface area contributed by atoms with Crippen LogP contribution in [0.3, 0.4) is 0 Å². The Kier molecular flexibility index (Phi) is 4.33. The number of nitrogens with one attached hydrogen (secondary N) is 1. The van der Waals surface area contributed by atoms with Gasteiger partial charge in [0.1, 0.15) is 0 Å². The van der Waals surface area contributed by atoms with Crippen LogP contribution in [-0.4, -0.2) is 12.1 Å². The smallest absolute Gasteiger partial charge is 0.213 e.